The van der Waals surface area contributed by atoms with Crippen LogP contribution in [0, 0.1) is 5.92 Å². The first-order valence-electron chi connectivity index (χ1n) is 6.01. The maximum atomic E-state index is 11.5. The molecule has 17 heavy (non-hydrogen) atoms. The van der Waals surface area contributed by atoms with E-state index < -0.39 is 9.84 Å². The normalized spacial score (nSPS) is 40.8. The summed E-state index contributed by atoms with van der Waals surface area (Å²) >= 11 is 0. The third-order valence-corrected chi connectivity index (χ3v) is 5.33. The van der Waals surface area contributed by atoms with Crippen molar-refractivity contribution in [1.29, 1.82) is 0 Å². The lowest BCUT2D eigenvalue weighted by atomic mass is 9.95. The number of hydrogen-bond donors (Lipinski definition) is 1. The summed E-state index contributed by atoms with van der Waals surface area (Å²) in [7, 11) is -2.80. The fourth-order valence-corrected chi connectivity index (χ4v) is 4.64. The van der Waals surface area contributed by atoms with E-state index in [1.165, 1.54) is 0 Å². The Bertz CT molecular complexity index is 360. The first-order chi connectivity index (χ1) is 7.39. The van der Waals surface area contributed by atoms with Gasteiger partial charge in [-0.2, -0.15) is 0 Å². The molecule has 6 heteroatoms. The second kappa shape index (κ2) is 5.43. The van der Waals surface area contributed by atoms with Crippen molar-refractivity contribution in [2.24, 2.45) is 5.92 Å². The SMILES string of the molecule is CC1COC(C)(CC2CCCS(=O)(=O)C2)N1.Cl. The van der Waals surface area contributed by atoms with Crippen LogP contribution in [0.15, 0.2) is 0 Å². The fraction of sp³-hybridized carbons (Fsp3) is 1.00. The van der Waals surface area contributed by atoms with E-state index in [1.807, 2.05) is 6.92 Å². The molecule has 3 atom stereocenters. The summed E-state index contributed by atoms with van der Waals surface area (Å²) in [5.41, 5.74) is -0.322. The first kappa shape index (κ1) is 15.2. The van der Waals surface area contributed by atoms with Crippen LogP contribution in [0.1, 0.15) is 33.1 Å². The topological polar surface area (TPSA) is 55.4 Å². The van der Waals surface area contributed by atoms with Crippen LogP contribution < -0.4 is 5.32 Å². The highest BCUT2D eigenvalue weighted by Crippen LogP contribution is 2.29. The Labute approximate surface area is 110 Å². The minimum atomic E-state index is -2.80. The number of hydrogen-bond acceptors (Lipinski definition) is 4. The Balaban J connectivity index is 0.00000144. The molecule has 0 aromatic heterocycles. The van der Waals surface area contributed by atoms with E-state index in [-0.39, 0.29) is 24.0 Å². The van der Waals surface area contributed by atoms with Gasteiger partial charge in [-0.3, -0.25) is 5.32 Å². The fourth-order valence-electron chi connectivity index (χ4n) is 2.86. The van der Waals surface area contributed by atoms with Gasteiger partial charge in [-0.05, 0) is 39.0 Å². The Morgan fingerprint density at radius 3 is 2.71 bits per heavy atom. The summed E-state index contributed by atoms with van der Waals surface area (Å²) in [5, 5.41) is 3.39. The monoisotopic (exact) mass is 283 g/mol. The Kier molecular flexibility index (Phi) is 4.86. The van der Waals surface area contributed by atoms with E-state index in [9.17, 15) is 8.42 Å². The van der Waals surface area contributed by atoms with Gasteiger partial charge in [0.05, 0.1) is 18.1 Å². The minimum Gasteiger partial charge on any atom is -0.359 e. The van der Waals surface area contributed by atoms with Crippen molar-refractivity contribution < 1.29 is 13.2 Å². The molecule has 2 heterocycles. The van der Waals surface area contributed by atoms with Crippen LogP contribution in [0.25, 0.3) is 0 Å². The molecule has 4 nitrogen and oxygen atoms in total. The molecule has 102 valence electrons. The van der Waals surface area contributed by atoms with E-state index in [0.29, 0.717) is 17.5 Å². The van der Waals surface area contributed by atoms with Gasteiger partial charge >= 0.3 is 0 Å². The summed E-state index contributed by atoms with van der Waals surface area (Å²) in [6.07, 6.45) is 2.61. The second-order valence-electron chi connectivity index (χ2n) is 5.41. The molecule has 0 bridgehead atoms. The van der Waals surface area contributed by atoms with Gasteiger partial charge < -0.3 is 4.74 Å². The van der Waals surface area contributed by atoms with Gasteiger partial charge in [-0.1, -0.05) is 0 Å². The second-order valence-corrected chi connectivity index (χ2v) is 7.64. The highest BCUT2D eigenvalue weighted by Gasteiger charge is 2.37. The molecule has 0 spiro atoms. The Hall–Kier alpha value is 0.160. The largest absolute Gasteiger partial charge is 0.359 e. The van der Waals surface area contributed by atoms with Gasteiger partial charge in [-0.25, -0.2) is 8.42 Å². The summed E-state index contributed by atoms with van der Waals surface area (Å²) in [5.74, 6) is 0.953. The van der Waals surface area contributed by atoms with Crippen LogP contribution in [0.4, 0.5) is 0 Å². The van der Waals surface area contributed by atoms with Crippen LogP contribution in [0.2, 0.25) is 0 Å². The molecule has 0 radical (unpaired) electrons. The zero-order chi connectivity index (χ0) is 11.8. The number of halogens is 1. The van der Waals surface area contributed by atoms with E-state index in [0.717, 1.165) is 25.9 Å². The quantitative estimate of drug-likeness (QED) is 0.831. The number of ether oxygens (including phenoxy) is 1. The van der Waals surface area contributed by atoms with E-state index >= 15 is 0 Å². The summed E-state index contributed by atoms with van der Waals surface area (Å²) in [6.45, 7) is 4.83. The summed E-state index contributed by atoms with van der Waals surface area (Å²) in [6, 6.07) is 0.366. The molecule has 2 aliphatic heterocycles. The predicted molar refractivity (Wildman–Crippen MR) is 70.2 cm³/mol. The van der Waals surface area contributed by atoms with Gasteiger partial charge in [0.2, 0.25) is 0 Å². The Morgan fingerprint density at radius 2 is 2.18 bits per heavy atom. The first-order valence-corrected chi connectivity index (χ1v) is 7.83. The van der Waals surface area contributed by atoms with Crippen molar-refractivity contribution in [3.05, 3.63) is 0 Å². The molecule has 2 saturated heterocycles. The smallest absolute Gasteiger partial charge is 0.150 e. The van der Waals surface area contributed by atoms with Gasteiger partial charge in [0, 0.05) is 6.04 Å². The minimum absolute atomic E-state index is 0. The van der Waals surface area contributed by atoms with Crippen LogP contribution >= 0.6 is 12.4 Å². The predicted octanol–water partition coefficient (Wildman–Crippen LogP) is 1.35. The van der Waals surface area contributed by atoms with Gasteiger partial charge in [0.15, 0.2) is 9.84 Å². The zero-order valence-electron chi connectivity index (χ0n) is 10.4. The molecule has 2 rings (SSSR count). The van der Waals surface area contributed by atoms with E-state index in [2.05, 4.69) is 12.2 Å². The molecular formula is C11H22ClNO3S. The highest BCUT2D eigenvalue weighted by molar-refractivity contribution is 7.91. The van der Waals surface area contributed by atoms with Gasteiger partial charge in [0.1, 0.15) is 5.72 Å². The third kappa shape index (κ3) is 4.09. The van der Waals surface area contributed by atoms with Crippen LogP contribution in [-0.4, -0.2) is 38.3 Å². The van der Waals surface area contributed by atoms with Crippen molar-refractivity contribution in [2.75, 3.05) is 18.1 Å². The lowest BCUT2D eigenvalue weighted by molar-refractivity contribution is -0.0125. The molecule has 0 aliphatic carbocycles. The maximum Gasteiger partial charge on any atom is 0.150 e. The van der Waals surface area contributed by atoms with Crippen LogP contribution in [-0.2, 0) is 14.6 Å². The van der Waals surface area contributed by atoms with Gasteiger partial charge in [-0.15, -0.1) is 12.4 Å². The molecule has 2 fully saturated rings. The van der Waals surface area contributed by atoms with Crippen LogP contribution in [0.3, 0.4) is 0 Å². The average Bonchev–Trinajstić information content (AvgIpc) is 2.43. The van der Waals surface area contributed by atoms with Crippen molar-refractivity contribution in [1.82, 2.24) is 5.32 Å². The molecule has 1 N–H and O–H groups in total. The number of rotatable bonds is 2. The Morgan fingerprint density at radius 1 is 1.47 bits per heavy atom. The van der Waals surface area contributed by atoms with Crippen molar-refractivity contribution in [2.45, 2.75) is 44.9 Å². The summed E-state index contributed by atoms with van der Waals surface area (Å²) < 4.78 is 28.8. The molecular weight excluding hydrogens is 262 g/mol. The van der Waals surface area contributed by atoms with Crippen molar-refractivity contribution in [3.8, 4) is 0 Å². The van der Waals surface area contributed by atoms with Gasteiger partial charge in [0.25, 0.3) is 0 Å². The van der Waals surface area contributed by atoms with Crippen molar-refractivity contribution in [3.63, 3.8) is 0 Å². The van der Waals surface area contributed by atoms with Crippen molar-refractivity contribution >= 4 is 22.2 Å². The molecule has 2 aliphatic rings. The number of sulfone groups is 1. The zero-order valence-corrected chi connectivity index (χ0v) is 12.1. The highest BCUT2D eigenvalue weighted by atomic mass is 35.5. The molecule has 0 aromatic rings. The van der Waals surface area contributed by atoms with E-state index in [4.69, 9.17) is 4.74 Å². The standard InChI is InChI=1S/C11H21NO3S.ClH/c1-9-7-15-11(2,12-9)6-10-4-3-5-16(13,14)8-10;/h9-10,12H,3-8H2,1-2H3;1H. The molecule has 3 unspecified atom stereocenters. The van der Waals surface area contributed by atoms with Crippen LogP contribution in [0.5, 0.6) is 0 Å². The molecule has 0 aromatic carbocycles. The maximum absolute atomic E-state index is 11.5. The molecule has 0 amide bonds. The lowest BCUT2D eigenvalue weighted by Crippen LogP contribution is -2.43. The van der Waals surface area contributed by atoms with E-state index in [1.54, 1.807) is 0 Å². The molecule has 0 saturated carbocycles. The third-order valence-electron chi connectivity index (χ3n) is 3.44. The number of nitrogens with one attached hydrogen (secondary N) is 1. The lowest BCUT2D eigenvalue weighted by Gasteiger charge is -2.31. The average molecular weight is 284 g/mol. The summed E-state index contributed by atoms with van der Waals surface area (Å²) in [4.78, 5) is 0.